The lowest BCUT2D eigenvalue weighted by molar-refractivity contribution is -0.120. The van der Waals surface area contributed by atoms with Gasteiger partial charge in [-0.05, 0) is 17.7 Å². The van der Waals surface area contributed by atoms with E-state index in [0.29, 0.717) is 18.8 Å². The van der Waals surface area contributed by atoms with E-state index in [1.165, 1.54) is 0 Å². The average Bonchev–Trinajstić information content (AvgIpc) is 2.77. The van der Waals surface area contributed by atoms with Gasteiger partial charge in [0.15, 0.2) is 0 Å². The number of carbonyl (C=O) groups is 1. The van der Waals surface area contributed by atoms with Crippen LogP contribution in [0.3, 0.4) is 0 Å². The van der Waals surface area contributed by atoms with Crippen molar-refractivity contribution in [2.75, 3.05) is 12.8 Å². The Labute approximate surface area is 117 Å². The Morgan fingerprint density at radius 2 is 2.10 bits per heavy atom. The molecule has 1 heterocycles. The topological polar surface area (TPSA) is 82.2 Å². The second-order valence-electron chi connectivity index (χ2n) is 4.48. The fraction of sp³-hybridized carbons (Fsp3) is 0.286. The number of methoxy groups -OCH3 is 1. The van der Waals surface area contributed by atoms with Gasteiger partial charge >= 0.3 is 0 Å². The number of ether oxygens (including phenoxy) is 1. The van der Waals surface area contributed by atoms with E-state index in [0.717, 1.165) is 16.9 Å². The van der Waals surface area contributed by atoms with Crippen molar-refractivity contribution in [3.05, 3.63) is 41.6 Å². The molecule has 6 heteroatoms. The minimum absolute atomic E-state index is 0.0570. The number of nitrogens with zero attached hydrogens (tertiary/aromatic N) is 2. The highest BCUT2D eigenvalue weighted by Gasteiger charge is 2.07. The molecule has 2 rings (SSSR count). The van der Waals surface area contributed by atoms with Crippen LogP contribution in [0.4, 0.5) is 5.82 Å². The van der Waals surface area contributed by atoms with Crippen LogP contribution >= 0.6 is 0 Å². The standard InChI is InChI=1S/C14H18N4O2/c1-18-14(15)11(9-17-18)8-16-13(19)7-10-3-5-12(20-2)6-4-10/h3-6,9H,7-8,15H2,1-2H3,(H,16,19). The summed E-state index contributed by atoms with van der Waals surface area (Å²) >= 11 is 0. The number of hydrogen-bond acceptors (Lipinski definition) is 4. The molecule has 0 bridgehead atoms. The maximum absolute atomic E-state index is 11.8. The fourth-order valence-corrected chi connectivity index (χ4v) is 1.81. The van der Waals surface area contributed by atoms with Crippen molar-refractivity contribution in [2.24, 2.45) is 7.05 Å². The van der Waals surface area contributed by atoms with E-state index in [1.54, 1.807) is 25.0 Å². The largest absolute Gasteiger partial charge is 0.497 e. The van der Waals surface area contributed by atoms with Crippen LogP contribution in [0.25, 0.3) is 0 Å². The van der Waals surface area contributed by atoms with Gasteiger partial charge in [-0.15, -0.1) is 0 Å². The number of rotatable bonds is 5. The van der Waals surface area contributed by atoms with Crippen LogP contribution in [-0.4, -0.2) is 22.8 Å². The molecule has 0 aliphatic carbocycles. The lowest BCUT2D eigenvalue weighted by Gasteiger charge is -2.06. The van der Waals surface area contributed by atoms with Gasteiger partial charge in [-0.25, -0.2) is 0 Å². The third-order valence-electron chi connectivity index (χ3n) is 3.06. The molecule has 1 aromatic carbocycles. The number of aromatic nitrogens is 2. The van der Waals surface area contributed by atoms with Crippen LogP contribution in [0.5, 0.6) is 5.75 Å². The maximum Gasteiger partial charge on any atom is 0.224 e. The lowest BCUT2D eigenvalue weighted by atomic mass is 10.1. The molecule has 0 saturated carbocycles. The summed E-state index contributed by atoms with van der Waals surface area (Å²) in [4.78, 5) is 11.8. The first-order chi connectivity index (χ1) is 9.60. The van der Waals surface area contributed by atoms with Gasteiger partial charge in [0.2, 0.25) is 5.91 Å². The molecule has 2 aromatic rings. The molecule has 0 aliphatic heterocycles. The first kappa shape index (κ1) is 13.9. The third-order valence-corrected chi connectivity index (χ3v) is 3.06. The fourth-order valence-electron chi connectivity index (χ4n) is 1.81. The zero-order chi connectivity index (χ0) is 14.5. The number of benzene rings is 1. The van der Waals surface area contributed by atoms with Gasteiger partial charge in [0.05, 0.1) is 19.7 Å². The molecule has 106 valence electrons. The van der Waals surface area contributed by atoms with E-state index in [4.69, 9.17) is 10.5 Å². The minimum Gasteiger partial charge on any atom is -0.497 e. The number of nitrogens with one attached hydrogen (secondary N) is 1. The highest BCUT2D eigenvalue weighted by molar-refractivity contribution is 5.78. The number of hydrogen-bond donors (Lipinski definition) is 2. The van der Waals surface area contributed by atoms with Crippen LogP contribution < -0.4 is 15.8 Å². The van der Waals surface area contributed by atoms with Crippen molar-refractivity contribution in [3.63, 3.8) is 0 Å². The second kappa shape index (κ2) is 6.10. The molecule has 1 amide bonds. The molecule has 1 aromatic heterocycles. The zero-order valence-corrected chi connectivity index (χ0v) is 11.6. The normalized spacial score (nSPS) is 10.3. The van der Waals surface area contributed by atoms with E-state index in [9.17, 15) is 4.79 Å². The predicted molar refractivity (Wildman–Crippen MR) is 76.2 cm³/mol. The quantitative estimate of drug-likeness (QED) is 0.847. The van der Waals surface area contributed by atoms with Gasteiger partial charge in [0.1, 0.15) is 11.6 Å². The Bertz CT molecular complexity index is 590. The molecule has 0 aliphatic rings. The van der Waals surface area contributed by atoms with Crippen molar-refractivity contribution in [1.29, 1.82) is 0 Å². The molecule has 0 saturated heterocycles. The maximum atomic E-state index is 11.8. The second-order valence-corrected chi connectivity index (χ2v) is 4.48. The van der Waals surface area contributed by atoms with E-state index in [-0.39, 0.29) is 5.91 Å². The summed E-state index contributed by atoms with van der Waals surface area (Å²) in [6.07, 6.45) is 1.98. The molecule has 0 radical (unpaired) electrons. The van der Waals surface area contributed by atoms with Crippen LogP contribution in [0.1, 0.15) is 11.1 Å². The minimum atomic E-state index is -0.0570. The molecular formula is C14H18N4O2. The third kappa shape index (κ3) is 3.28. The summed E-state index contributed by atoms with van der Waals surface area (Å²) in [5.41, 5.74) is 7.56. The van der Waals surface area contributed by atoms with Crippen molar-refractivity contribution in [1.82, 2.24) is 15.1 Å². The first-order valence-corrected chi connectivity index (χ1v) is 6.26. The van der Waals surface area contributed by atoms with E-state index >= 15 is 0 Å². The van der Waals surface area contributed by atoms with Crippen LogP contribution in [-0.2, 0) is 24.8 Å². The summed E-state index contributed by atoms with van der Waals surface area (Å²) < 4.78 is 6.65. The Morgan fingerprint density at radius 1 is 1.40 bits per heavy atom. The number of carbonyl (C=O) groups excluding carboxylic acids is 1. The lowest BCUT2D eigenvalue weighted by Crippen LogP contribution is -2.24. The van der Waals surface area contributed by atoms with Crippen LogP contribution in [0.15, 0.2) is 30.5 Å². The number of anilines is 1. The van der Waals surface area contributed by atoms with Crippen molar-refractivity contribution in [3.8, 4) is 5.75 Å². The smallest absolute Gasteiger partial charge is 0.224 e. The van der Waals surface area contributed by atoms with E-state index in [1.807, 2.05) is 24.3 Å². The Kier molecular flexibility index (Phi) is 4.24. The molecule has 3 N–H and O–H groups in total. The highest BCUT2D eigenvalue weighted by atomic mass is 16.5. The number of amides is 1. The van der Waals surface area contributed by atoms with Gasteiger partial charge in [-0.1, -0.05) is 12.1 Å². The molecular weight excluding hydrogens is 256 g/mol. The summed E-state index contributed by atoms with van der Waals surface area (Å²) in [7, 11) is 3.37. The van der Waals surface area contributed by atoms with E-state index in [2.05, 4.69) is 10.4 Å². The Morgan fingerprint density at radius 3 is 2.65 bits per heavy atom. The van der Waals surface area contributed by atoms with Gasteiger partial charge in [0.25, 0.3) is 0 Å². The van der Waals surface area contributed by atoms with Crippen LogP contribution in [0, 0.1) is 0 Å². The average molecular weight is 274 g/mol. The highest BCUT2D eigenvalue weighted by Crippen LogP contribution is 2.12. The van der Waals surface area contributed by atoms with E-state index < -0.39 is 0 Å². The molecule has 0 unspecified atom stereocenters. The van der Waals surface area contributed by atoms with Crippen LogP contribution in [0.2, 0.25) is 0 Å². The molecule has 0 atom stereocenters. The number of nitrogen functional groups attached to an aromatic ring is 1. The molecule has 20 heavy (non-hydrogen) atoms. The van der Waals surface area contributed by atoms with Gasteiger partial charge < -0.3 is 15.8 Å². The van der Waals surface area contributed by atoms with Gasteiger partial charge in [-0.2, -0.15) is 5.10 Å². The SMILES string of the molecule is COc1ccc(CC(=O)NCc2cnn(C)c2N)cc1. The number of nitrogens with two attached hydrogens (primary N) is 1. The van der Waals surface area contributed by atoms with Gasteiger partial charge in [0, 0.05) is 19.2 Å². The zero-order valence-electron chi connectivity index (χ0n) is 11.6. The monoisotopic (exact) mass is 274 g/mol. The summed E-state index contributed by atoms with van der Waals surface area (Å²) in [6, 6.07) is 7.41. The molecule has 0 fully saturated rings. The predicted octanol–water partition coefficient (Wildman–Crippen LogP) is 0.870. The Hall–Kier alpha value is -2.50. The summed E-state index contributed by atoms with van der Waals surface area (Å²) in [5, 5.41) is 6.85. The summed E-state index contributed by atoms with van der Waals surface area (Å²) in [5.74, 6) is 1.28. The number of aryl methyl sites for hydroxylation is 1. The molecule has 6 nitrogen and oxygen atoms in total. The van der Waals surface area contributed by atoms with Crippen molar-refractivity contribution >= 4 is 11.7 Å². The van der Waals surface area contributed by atoms with Gasteiger partial charge in [-0.3, -0.25) is 9.48 Å². The van der Waals surface area contributed by atoms with Crippen molar-refractivity contribution < 1.29 is 9.53 Å². The Balaban J connectivity index is 1.87. The van der Waals surface area contributed by atoms with Crippen molar-refractivity contribution in [2.45, 2.75) is 13.0 Å². The molecule has 0 spiro atoms. The summed E-state index contributed by atoms with van der Waals surface area (Å²) in [6.45, 7) is 0.384. The first-order valence-electron chi connectivity index (χ1n) is 6.26.